The van der Waals surface area contributed by atoms with E-state index < -0.39 is 0 Å². The molecule has 3 rings (SSSR count). The molecule has 2 heterocycles. The van der Waals surface area contributed by atoms with Crippen LogP contribution >= 0.6 is 34.3 Å². The summed E-state index contributed by atoms with van der Waals surface area (Å²) in [5.74, 6) is 5.67. The second kappa shape index (κ2) is 6.68. The minimum atomic E-state index is 0.0391. The van der Waals surface area contributed by atoms with Crippen LogP contribution in [0.3, 0.4) is 0 Å². The average Bonchev–Trinajstić information content (AvgIpc) is 3.15. The van der Waals surface area contributed by atoms with Crippen molar-refractivity contribution in [2.24, 2.45) is 5.84 Å². The Morgan fingerprint density at radius 3 is 2.67 bits per heavy atom. The van der Waals surface area contributed by atoms with E-state index in [0.717, 1.165) is 31.9 Å². The van der Waals surface area contributed by atoms with Crippen LogP contribution in [0.1, 0.15) is 15.9 Å². The van der Waals surface area contributed by atoms with E-state index >= 15 is 0 Å². The second-order valence-electron chi connectivity index (χ2n) is 4.56. The van der Waals surface area contributed by atoms with E-state index in [4.69, 9.17) is 22.4 Å². The first-order valence-electron chi connectivity index (χ1n) is 6.47. The fraction of sp³-hybridized carbons (Fsp3) is 0.133. The number of thiophene rings is 1. The van der Waals surface area contributed by atoms with Gasteiger partial charge in [-0.15, -0.1) is 22.7 Å². The zero-order valence-electron chi connectivity index (χ0n) is 11.1. The Hall–Kier alpha value is -1.24. The first-order chi connectivity index (χ1) is 10.3. The average molecular weight is 336 g/mol. The Balaban J connectivity index is 1.77. The van der Waals surface area contributed by atoms with E-state index in [9.17, 15) is 0 Å². The third-order valence-corrected chi connectivity index (χ3v) is 5.35. The highest BCUT2D eigenvalue weighted by Crippen LogP contribution is 2.30. The Bertz CT molecular complexity index is 709. The van der Waals surface area contributed by atoms with Crippen molar-refractivity contribution in [3.8, 4) is 11.3 Å². The van der Waals surface area contributed by atoms with Gasteiger partial charge in [0.25, 0.3) is 0 Å². The Morgan fingerprint density at radius 1 is 1.19 bits per heavy atom. The molecule has 21 heavy (non-hydrogen) atoms. The number of benzene rings is 1. The molecule has 0 amide bonds. The quantitative estimate of drug-likeness (QED) is 0.540. The number of rotatable bonds is 5. The van der Waals surface area contributed by atoms with Gasteiger partial charge in [-0.3, -0.25) is 11.3 Å². The minimum Gasteiger partial charge on any atom is -0.271 e. The van der Waals surface area contributed by atoms with Crippen LogP contribution in [0.25, 0.3) is 11.3 Å². The zero-order valence-corrected chi connectivity index (χ0v) is 13.5. The standard InChI is InChI=1S/C15H14ClN3S2/c16-14-7-6-13(21-14)11(19-17)8-15-18-12(9-20-15)10-4-2-1-3-5-10/h1-7,9,11,19H,8,17H2. The third-order valence-electron chi connectivity index (χ3n) is 3.14. The molecule has 2 aromatic heterocycles. The number of nitrogens with one attached hydrogen (secondary N) is 1. The Morgan fingerprint density at radius 2 is 2.00 bits per heavy atom. The fourth-order valence-corrected chi connectivity index (χ4v) is 4.05. The number of hydrogen-bond acceptors (Lipinski definition) is 5. The van der Waals surface area contributed by atoms with Crippen molar-refractivity contribution in [2.45, 2.75) is 12.5 Å². The van der Waals surface area contributed by atoms with Gasteiger partial charge in [-0.25, -0.2) is 4.98 Å². The molecular weight excluding hydrogens is 322 g/mol. The molecule has 108 valence electrons. The monoisotopic (exact) mass is 335 g/mol. The molecule has 0 bridgehead atoms. The van der Waals surface area contributed by atoms with E-state index in [0.29, 0.717) is 0 Å². The SMILES string of the molecule is NNC(Cc1nc(-c2ccccc2)cs1)c1ccc(Cl)s1. The summed E-state index contributed by atoms with van der Waals surface area (Å²) in [4.78, 5) is 5.82. The summed E-state index contributed by atoms with van der Waals surface area (Å²) in [5, 5.41) is 3.14. The molecule has 0 saturated heterocycles. The number of halogens is 1. The fourth-order valence-electron chi connectivity index (χ4n) is 2.08. The molecule has 0 radical (unpaired) electrons. The van der Waals surface area contributed by atoms with Gasteiger partial charge < -0.3 is 0 Å². The Kier molecular flexibility index (Phi) is 4.67. The van der Waals surface area contributed by atoms with Crippen LogP contribution in [0.2, 0.25) is 4.34 Å². The van der Waals surface area contributed by atoms with Crippen molar-refractivity contribution in [3.63, 3.8) is 0 Å². The van der Waals surface area contributed by atoms with E-state index in [2.05, 4.69) is 22.9 Å². The molecule has 1 aromatic carbocycles. The van der Waals surface area contributed by atoms with Gasteiger partial charge in [-0.05, 0) is 12.1 Å². The van der Waals surface area contributed by atoms with Gasteiger partial charge in [0.05, 0.1) is 21.1 Å². The molecule has 3 nitrogen and oxygen atoms in total. The van der Waals surface area contributed by atoms with Crippen molar-refractivity contribution in [1.29, 1.82) is 0 Å². The highest BCUT2D eigenvalue weighted by atomic mass is 35.5. The maximum Gasteiger partial charge on any atom is 0.0952 e. The first kappa shape index (κ1) is 14.7. The lowest BCUT2D eigenvalue weighted by Crippen LogP contribution is -2.28. The molecule has 1 atom stereocenters. The molecule has 0 aliphatic carbocycles. The number of nitrogens with two attached hydrogens (primary N) is 1. The van der Waals surface area contributed by atoms with E-state index in [1.807, 2.05) is 30.3 Å². The normalized spacial score (nSPS) is 12.5. The van der Waals surface area contributed by atoms with Gasteiger partial charge in [0.2, 0.25) is 0 Å². The molecule has 0 saturated carbocycles. The summed E-state index contributed by atoms with van der Waals surface area (Å²) < 4.78 is 0.773. The lowest BCUT2D eigenvalue weighted by atomic mass is 10.1. The van der Waals surface area contributed by atoms with Crippen molar-refractivity contribution in [3.05, 3.63) is 62.1 Å². The molecule has 0 fully saturated rings. The zero-order chi connectivity index (χ0) is 14.7. The topological polar surface area (TPSA) is 50.9 Å². The van der Waals surface area contributed by atoms with Gasteiger partial charge in [0.1, 0.15) is 0 Å². The molecular formula is C15H14ClN3S2. The predicted molar refractivity (Wildman–Crippen MR) is 90.6 cm³/mol. The lowest BCUT2D eigenvalue weighted by Gasteiger charge is -2.12. The minimum absolute atomic E-state index is 0.0391. The maximum absolute atomic E-state index is 5.99. The first-order valence-corrected chi connectivity index (χ1v) is 8.55. The summed E-state index contributed by atoms with van der Waals surface area (Å²) in [6, 6.07) is 14.1. The lowest BCUT2D eigenvalue weighted by molar-refractivity contribution is 0.559. The number of thiazole rings is 1. The summed E-state index contributed by atoms with van der Waals surface area (Å²) in [6.07, 6.45) is 0.755. The van der Waals surface area contributed by atoms with E-state index in [1.165, 1.54) is 0 Å². The number of hydrogen-bond donors (Lipinski definition) is 2. The highest BCUT2D eigenvalue weighted by Gasteiger charge is 2.15. The number of hydrazine groups is 1. The highest BCUT2D eigenvalue weighted by molar-refractivity contribution is 7.16. The molecule has 0 aliphatic rings. The van der Waals surface area contributed by atoms with Crippen LogP contribution in [-0.4, -0.2) is 4.98 Å². The van der Waals surface area contributed by atoms with Crippen molar-refractivity contribution in [2.75, 3.05) is 0 Å². The number of nitrogens with zero attached hydrogens (tertiary/aromatic N) is 1. The van der Waals surface area contributed by atoms with E-state index in [-0.39, 0.29) is 6.04 Å². The van der Waals surface area contributed by atoms with Gasteiger partial charge in [-0.2, -0.15) is 0 Å². The molecule has 3 aromatic rings. The molecule has 0 spiro atoms. The smallest absolute Gasteiger partial charge is 0.0952 e. The molecule has 0 aliphatic heterocycles. The predicted octanol–water partition coefficient (Wildman–Crippen LogP) is 4.27. The maximum atomic E-state index is 5.99. The van der Waals surface area contributed by atoms with Gasteiger partial charge >= 0.3 is 0 Å². The van der Waals surface area contributed by atoms with Gasteiger partial charge in [0, 0.05) is 22.2 Å². The summed E-state index contributed by atoms with van der Waals surface area (Å²) >= 11 is 9.18. The van der Waals surface area contributed by atoms with Crippen LogP contribution in [0.4, 0.5) is 0 Å². The summed E-state index contributed by atoms with van der Waals surface area (Å²) in [6.45, 7) is 0. The molecule has 1 unspecified atom stereocenters. The van der Waals surface area contributed by atoms with Crippen molar-refractivity contribution in [1.82, 2.24) is 10.4 Å². The third kappa shape index (κ3) is 3.51. The van der Waals surface area contributed by atoms with Crippen molar-refractivity contribution < 1.29 is 0 Å². The van der Waals surface area contributed by atoms with Crippen LogP contribution in [0.5, 0.6) is 0 Å². The van der Waals surface area contributed by atoms with Crippen LogP contribution in [0, 0.1) is 0 Å². The van der Waals surface area contributed by atoms with E-state index in [1.54, 1.807) is 22.7 Å². The van der Waals surface area contributed by atoms with Crippen LogP contribution in [-0.2, 0) is 6.42 Å². The van der Waals surface area contributed by atoms with Crippen LogP contribution in [0.15, 0.2) is 47.8 Å². The van der Waals surface area contributed by atoms with Crippen LogP contribution < -0.4 is 11.3 Å². The summed E-state index contributed by atoms with van der Waals surface area (Å²) in [5.41, 5.74) is 4.99. The Labute approximate surface area is 136 Å². The summed E-state index contributed by atoms with van der Waals surface area (Å²) in [7, 11) is 0. The largest absolute Gasteiger partial charge is 0.271 e. The van der Waals surface area contributed by atoms with Gasteiger partial charge in [-0.1, -0.05) is 41.9 Å². The van der Waals surface area contributed by atoms with Gasteiger partial charge in [0.15, 0.2) is 0 Å². The van der Waals surface area contributed by atoms with Crippen molar-refractivity contribution >= 4 is 34.3 Å². The molecule has 6 heteroatoms. The second-order valence-corrected chi connectivity index (χ2v) is 7.25. The molecule has 3 N–H and O–H groups in total. The number of aromatic nitrogens is 1.